The Morgan fingerprint density at radius 1 is 1.52 bits per heavy atom. The van der Waals surface area contributed by atoms with Crippen LogP contribution < -0.4 is 9.47 Å². The molecule has 21 heavy (non-hydrogen) atoms. The van der Waals surface area contributed by atoms with Crippen molar-refractivity contribution in [2.24, 2.45) is 0 Å². The van der Waals surface area contributed by atoms with Gasteiger partial charge in [-0.15, -0.1) is 0 Å². The van der Waals surface area contributed by atoms with Crippen molar-refractivity contribution in [1.82, 2.24) is 4.90 Å². The van der Waals surface area contributed by atoms with Crippen molar-refractivity contribution < 1.29 is 19.0 Å². The number of benzene rings is 1. The first-order valence-electron chi connectivity index (χ1n) is 6.74. The lowest BCUT2D eigenvalue weighted by Gasteiger charge is -2.31. The number of hydrogen-bond acceptors (Lipinski definition) is 5. The molecule has 1 aromatic rings. The zero-order valence-corrected chi connectivity index (χ0v) is 12.2. The summed E-state index contributed by atoms with van der Waals surface area (Å²) in [5, 5.41) is 8.84. The van der Waals surface area contributed by atoms with Crippen molar-refractivity contribution in [3.63, 3.8) is 0 Å². The molecule has 1 aliphatic heterocycles. The van der Waals surface area contributed by atoms with Gasteiger partial charge in [-0.1, -0.05) is 0 Å². The number of ether oxygens (including phenoxy) is 3. The molecule has 112 valence electrons. The third-order valence-corrected chi connectivity index (χ3v) is 3.24. The maximum atomic E-state index is 12.1. The Hall–Kier alpha value is -2.26. The quantitative estimate of drug-likeness (QED) is 0.833. The van der Waals surface area contributed by atoms with Gasteiger partial charge >= 0.3 is 0 Å². The molecule has 0 aromatic heterocycles. The molecule has 0 spiro atoms. The zero-order valence-electron chi connectivity index (χ0n) is 12.2. The van der Waals surface area contributed by atoms with Crippen LogP contribution in [0.1, 0.15) is 12.5 Å². The highest BCUT2D eigenvalue weighted by atomic mass is 16.5. The monoisotopic (exact) mass is 290 g/mol. The van der Waals surface area contributed by atoms with Gasteiger partial charge in [0.25, 0.3) is 5.91 Å². The molecule has 1 fully saturated rings. The van der Waals surface area contributed by atoms with E-state index >= 15 is 0 Å². The summed E-state index contributed by atoms with van der Waals surface area (Å²) in [7, 11) is 1.49. The first-order valence-corrected chi connectivity index (χ1v) is 6.74. The second-order valence-electron chi connectivity index (χ2n) is 4.79. The SMILES string of the molecule is COc1cc(C#N)ccc1OCC(=O)N1CCO[C@H](C)C1. The molecule has 0 N–H and O–H groups in total. The highest BCUT2D eigenvalue weighted by Crippen LogP contribution is 2.27. The van der Waals surface area contributed by atoms with Gasteiger partial charge in [0.15, 0.2) is 18.1 Å². The summed E-state index contributed by atoms with van der Waals surface area (Å²) in [5.41, 5.74) is 0.479. The van der Waals surface area contributed by atoms with Crippen LogP contribution in [0.2, 0.25) is 0 Å². The van der Waals surface area contributed by atoms with E-state index in [9.17, 15) is 4.79 Å². The third-order valence-electron chi connectivity index (χ3n) is 3.24. The number of methoxy groups -OCH3 is 1. The van der Waals surface area contributed by atoms with Crippen molar-refractivity contribution in [2.75, 3.05) is 33.4 Å². The molecule has 6 heteroatoms. The highest BCUT2D eigenvalue weighted by molar-refractivity contribution is 5.78. The molecule has 1 saturated heterocycles. The molecular formula is C15H18N2O4. The largest absolute Gasteiger partial charge is 0.493 e. The average molecular weight is 290 g/mol. The standard InChI is InChI=1S/C15H18N2O4/c1-11-9-17(5-6-20-11)15(18)10-21-13-4-3-12(8-16)7-14(13)19-2/h3-4,7,11H,5-6,9-10H2,1-2H3/t11-/m1/s1. The predicted molar refractivity (Wildman–Crippen MR) is 75.2 cm³/mol. The Morgan fingerprint density at radius 2 is 2.33 bits per heavy atom. The smallest absolute Gasteiger partial charge is 0.260 e. The number of carbonyl (C=O) groups excluding carboxylic acids is 1. The van der Waals surface area contributed by atoms with Gasteiger partial charge in [0.05, 0.1) is 31.5 Å². The minimum atomic E-state index is -0.0865. The summed E-state index contributed by atoms with van der Waals surface area (Å²) in [5.74, 6) is 0.805. The van der Waals surface area contributed by atoms with E-state index in [1.54, 1.807) is 23.1 Å². The predicted octanol–water partition coefficient (Wildman–Crippen LogP) is 1.19. The van der Waals surface area contributed by atoms with Crippen molar-refractivity contribution >= 4 is 5.91 Å². The number of morpholine rings is 1. The van der Waals surface area contributed by atoms with Crippen LogP contribution in [0.5, 0.6) is 11.5 Å². The molecule has 1 heterocycles. The van der Waals surface area contributed by atoms with Crippen LogP contribution >= 0.6 is 0 Å². The molecule has 0 aliphatic carbocycles. The Balaban J connectivity index is 1.96. The normalized spacial score (nSPS) is 18.0. The van der Waals surface area contributed by atoms with Gasteiger partial charge in [-0.25, -0.2) is 0 Å². The van der Waals surface area contributed by atoms with E-state index < -0.39 is 0 Å². The molecule has 6 nitrogen and oxygen atoms in total. The fourth-order valence-corrected chi connectivity index (χ4v) is 2.13. The molecule has 0 saturated carbocycles. The Labute approximate surface area is 123 Å². The maximum Gasteiger partial charge on any atom is 0.260 e. The number of rotatable bonds is 4. The fraction of sp³-hybridized carbons (Fsp3) is 0.467. The van der Waals surface area contributed by atoms with E-state index in [1.165, 1.54) is 7.11 Å². The first-order chi connectivity index (χ1) is 10.1. The number of nitrogens with zero attached hydrogens (tertiary/aromatic N) is 2. The minimum absolute atomic E-state index is 0.0483. The molecule has 1 aliphatic rings. The topological polar surface area (TPSA) is 71.8 Å². The van der Waals surface area contributed by atoms with Crippen LogP contribution in [-0.4, -0.2) is 50.3 Å². The third kappa shape index (κ3) is 3.86. The summed E-state index contributed by atoms with van der Waals surface area (Å²) in [6.07, 6.45) is 0.0483. The van der Waals surface area contributed by atoms with Crippen LogP contribution in [0.4, 0.5) is 0 Å². The second-order valence-corrected chi connectivity index (χ2v) is 4.79. The zero-order chi connectivity index (χ0) is 15.2. The van der Waals surface area contributed by atoms with Gasteiger partial charge in [-0.3, -0.25) is 4.79 Å². The van der Waals surface area contributed by atoms with Gasteiger partial charge in [0.2, 0.25) is 0 Å². The molecular weight excluding hydrogens is 272 g/mol. The molecule has 1 atom stereocenters. The van der Waals surface area contributed by atoms with E-state index in [4.69, 9.17) is 19.5 Å². The summed E-state index contributed by atoms with van der Waals surface area (Å²) in [6, 6.07) is 6.86. The lowest BCUT2D eigenvalue weighted by molar-refractivity contribution is -0.140. The van der Waals surface area contributed by atoms with Gasteiger partial charge in [-0.2, -0.15) is 5.26 Å². The van der Waals surface area contributed by atoms with Gasteiger partial charge in [0, 0.05) is 19.2 Å². The highest BCUT2D eigenvalue weighted by Gasteiger charge is 2.21. The second kappa shape index (κ2) is 6.95. The van der Waals surface area contributed by atoms with E-state index in [-0.39, 0.29) is 18.6 Å². The van der Waals surface area contributed by atoms with Crippen LogP contribution in [0.3, 0.4) is 0 Å². The van der Waals surface area contributed by atoms with E-state index in [1.807, 2.05) is 13.0 Å². The number of hydrogen-bond donors (Lipinski definition) is 0. The van der Waals surface area contributed by atoms with Crippen LogP contribution in [0.15, 0.2) is 18.2 Å². The van der Waals surface area contributed by atoms with Crippen molar-refractivity contribution in [1.29, 1.82) is 5.26 Å². The summed E-state index contributed by atoms with van der Waals surface area (Å²) in [4.78, 5) is 13.8. The Bertz CT molecular complexity index is 553. The van der Waals surface area contributed by atoms with Gasteiger partial charge in [0.1, 0.15) is 0 Å². The van der Waals surface area contributed by atoms with Crippen molar-refractivity contribution in [3.8, 4) is 17.6 Å². The lowest BCUT2D eigenvalue weighted by Crippen LogP contribution is -2.46. The summed E-state index contributed by atoms with van der Waals surface area (Å²) >= 11 is 0. The van der Waals surface area contributed by atoms with Crippen LogP contribution in [0, 0.1) is 11.3 Å². The molecule has 1 amide bonds. The van der Waals surface area contributed by atoms with Crippen LogP contribution in [0.25, 0.3) is 0 Å². The minimum Gasteiger partial charge on any atom is -0.493 e. The molecule has 0 unspecified atom stereocenters. The fourth-order valence-electron chi connectivity index (χ4n) is 2.13. The van der Waals surface area contributed by atoms with Crippen molar-refractivity contribution in [2.45, 2.75) is 13.0 Å². The number of carbonyl (C=O) groups is 1. The lowest BCUT2D eigenvalue weighted by atomic mass is 10.2. The Kier molecular flexibility index (Phi) is 5.01. The molecule has 2 rings (SSSR count). The molecule has 0 radical (unpaired) electrons. The maximum absolute atomic E-state index is 12.1. The van der Waals surface area contributed by atoms with Crippen molar-refractivity contribution in [3.05, 3.63) is 23.8 Å². The average Bonchev–Trinajstić information content (AvgIpc) is 2.52. The van der Waals surface area contributed by atoms with Crippen LogP contribution in [-0.2, 0) is 9.53 Å². The van der Waals surface area contributed by atoms with Gasteiger partial charge in [-0.05, 0) is 19.1 Å². The van der Waals surface area contributed by atoms with E-state index in [2.05, 4.69) is 0 Å². The van der Waals surface area contributed by atoms with E-state index in [0.29, 0.717) is 36.8 Å². The Morgan fingerprint density at radius 3 is 3.00 bits per heavy atom. The summed E-state index contributed by atoms with van der Waals surface area (Å²) in [6.45, 7) is 3.58. The first kappa shape index (κ1) is 15.1. The number of nitriles is 1. The summed E-state index contributed by atoms with van der Waals surface area (Å²) < 4.78 is 16.1. The van der Waals surface area contributed by atoms with E-state index in [0.717, 1.165) is 0 Å². The number of amides is 1. The van der Waals surface area contributed by atoms with Gasteiger partial charge < -0.3 is 19.1 Å². The molecule has 0 bridgehead atoms. The molecule has 1 aromatic carbocycles.